The van der Waals surface area contributed by atoms with E-state index in [0.717, 1.165) is 31.5 Å². The summed E-state index contributed by atoms with van der Waals surface area (Å²) in [6.07, 6.45) is 5.32. The number of carbonyl (C=O) groups is 1. The van der Waals surface area contributed by atoms with Crippen LogP contribution < -0.4 is 0 Å². The van der Waals surface area contributed by atoms with Crippen LogP contribution in [0.15, 0.2) is 24.5 Å². The summed E-state index contributed by atoms with van der Waals surface area (Å²) >= 11 is 0. The van der Waals surface area contributed by atoms with E-state index < -0.39 is 5.97 Å². The van der Waals surface area contributed by atoms with Crippen molar-refractivity contribution in [2.75, 3.05) is 26.3 Å². The van der Waals surface area contributed by atoms with E-state index in [9.17, 15) is 9.90 Å². The highest BCUT2D eigenvalue weighted by Gasteiger charge is 2.50. The zero-order valence-electron chi connectivity index (χ0n) is 12.3. The first-order valence-electron chi connectivity index (χ1n) is 7.11. The summed E-state index contributed by atoms with van der Waals surface area (Å²) in [5.41, 5.74) is 1.03. The lowest BCUT2D eigenvalue weighted by atomic mass is 9.72. The lowest BCUT2D eigenvalue weighted by Crippen LogP contribution is -2.40. The largest absolute Gasteiger partial charge is 0.481 e. The molecule has 22 heavy (non-hydrogen) atoms. The van der Waals surface area contributed by atoms with Gasteiger partial charge in [-0.15, -0.1) is 24.8 Å². The normalized spacial score (nSPS) is 23.5. The molecule has 0 radical (unpaired) electrons. The Hall–Kier alpha value is -0.880. The minimum atomic E-state index is -0.666. The fourth-order valence-corrected chi connectivity index (χ4v) is 3.57. The second kappa shape index (κ2) is 8.11. The summed E-state index contributed by atoms with van der Waals surface area (Å²) in [5.74, 6) is -0.941. The molecule has 1 N–H and O–H groups in total. The molecule has 2 aliphatic heterocycles. The average molecular weight is 349 g/mol. The van der Waals surface area contributed by atoms with Gasteiger partial charge in [0.25, 0.3) is 0 Å². The third-order valence-corrected chi connectivity index (χ3v) is 4.63. The van der Waals surface area contributed by atoms with E-state index >= 15 is 0 Å². The van der Waals surface area contributed by atoms with Gasteiger partial charge in [-0.1, -0.05) is 6.07 Å². The quantitative estimate of drug-likeness (QED) is 0.907. The molecule has 1 aromatic heterocycles. The molecule has 2 aliphatic rings. The Bertz CT molecular complexity index is 481. The van der Waals surface area contributed by atoms with Crippen LogP contribution in [-0.4, -0.2) is 47.3 Å². The second-order valence-electron chi connectivity index (χ2n) is 5.90. The van der Waals surface area contributed by atoms with Crippen LogP contribution in [-0.2, 0) is 16.1 Å². The number of hydrogen-bond donors (Lipinski definition) is 1. The molecule has 1 atom stereocenters. The molecule has 5 nitrogen and oxygen atoms in total. The van der Waals surface area contributed by atoms with Gasteiger partial charge < -0.3 is 9.84 Å². The van der Waals surface area contributed by atoms with E-state index in [0.29, 0.717) is 19.8 Å². The van der Waals surface area contributed by atoms with Crippen molar-refractivity contribution in [3.05, 3.63) is 30.1 Å². The maximum atomic E-state index is 11.6. The number of carboxylic acids is 1. The summed E-state index contributed by atoms with van der Waals surface area (Å²) in [6, 6.07) is 3.96. The molecule has 0 aromatic carbocycles. The van der Waals surface area contributed by atoms with Crippen molar-refractivity contribution < 1.29 is 14.6 Å². The number of aliphatic carboxylic acids is 1. The standard InChI is InChI=1S/C15H20N2O3.2ClH/c18-14(19)13-10-17(9-12-2-1-5-16-8-12)11-15(13)3-6-20-7-4-15;;/h1-2,5,8,13H,3-4,6-7,9-11H2,(H,18,19);2*1H. The molecular weight excluding hydrogens is 327 g/mol. The van der Waals surface area contributed by atoms with Crippen molar-refractivity contribution >= 4 is 30.8 Å². The zero-order valence-corrected chi connectivity index (χ0v) is 13.9. The number of nitrogens with zero attached hydrogens (tertiary/aromatic N) is 2. The van der Waals surface area contributed by atoms with Crippen molar-refractivity contribution in [2.45, 2.75) is 19.4 Å². The van der Waals surface area contributed by atoms with Crippen molar-refractivity contribution in [2.24, 2.45) is 11.3 Å². The zero-order chi connectivity index (χ0) is 14.0. The summed E-state index contributed by atoms with van der Waals surface area (Å²) in [5, 5.41) is 9.53. The number of rotatable bonds is 3. The third-order valence-electron chi connectivity index (χ3n) is 4.63. The predicted octanol–water partition coefficient (Wildman–Crippen LogP) is 2.24. The first kappa shape index (κ1) is 19.2. The Morgan fingerprint density at radius 3 is 2.73 bits per heavy atom. The van der Waals surface area contributed by atoms with Gasteiger partial charge in [0.1, 0.15) is 0 Å². The minimum Gasteiger partial charge on any atom is -0.481 e. The van der Waals surface area contributed by atoms with E-state index in [1.807, 2.05) is 18.3 Å². The van der Waals surface area contributed by atoms with E-state index in [4.69, 9.17) is 4.74 Å². The van der Waals surface area contributed by atoms with Gasteiger partial charge >= 0.3 is 5.97 Å². The molecule has 3 heterocycles. The molecular formula is C15H22Cl2N2O3. The van der Waals surface area contributed by atoms with Crippen molar-refractivity contribution in [3.8, 4) is 0 Å². The molecule has 0 bridgehead atoms. The Morgan fingerprint density at radius 1 is 1.41 bits per heavy atom. The number of pyridine rings is 1. The summed E-state index contributed by atoms with van der Waals surface area (Å²) < 4.78 is 5.42. The SMILES string of the molecule is Cl.Cl.O=C(O)C1CN(Cc2cccnc2)CC12CCOCC2. The smallest absolute Gasteiger partial charge is 0.308 e. The Morgan fingerprint density at radius 2 is 2.14 bits per heavy atom. The minimum absolute atomic E-state index is 0. The van der Waals surface area contributed by atoms with Gasteiger partial charge in [0, 0.05) is 50.7 Å². The van der Waals surface area contributed by atoms with Gasteiger partial charge in [-0.3, -0.25) is 14.7 Å². The summed E-state index contributed by atoms with van der Waals surface area (Å²) in [4.78, 5) is 18.0. The highest BCUT2D eigenvalue weighted by atomic mass is 35.5. The van der Waals surface area contributed by atoms with Crippen LogP contribution in [0.5, 0.6) is 0 Å². The lowest BCUT2D eigenvalue weighted by Gasteiger charge is -2.36. The topological polar surface area (TPSA) is 62.7 Å². The van der Waals surface area contributed by atoms with E-state index in [1.54, 1.807) is 6.20 Å². The first-order valence-corrected chi connectivity index (χ1v) is 7.11. The number of carboxylic acid groups (broad SMARTS) is 1. The van der Waals surface area contributed by atoms with Crippen molar-refractivity contribution in [1.82, 2.24) is 9.88 Å². The third kappa shape index (κ3) is 3.90. The number of halogens is 2. The first-order chi connectivity index (χ1) is 9.70. The predicted molar refractivity (Wildman–Crippen MR) is 87.6 cm³/mol. The number of ether oxygens (including phenoxy) is 1. The molecule has 1 unspecified atom stereocenters. The molecule has 0 amide bonds. The van der Waals surface area contributed by atoms with Crippen LogP contribution in [0, 0.1) is 11.3 Å². The van der Waals surface area contributed by atoms with E-state index in [-0.39, 0.29) is 36.1 Å². The highest BCUT2D eigenvalue weighted by Crippen LogP contribution is 2.44. The van der Waals surface area contributed by atoms with Crippen LogP contribution >= 0.6 is 24.8 Å². The number of likely N-dealkylation sites (tertiary alicyclic amines) is 1. The van der Waals surface area contributed by atoms with E-state index in [1.165, 1.54) is 0 Å². The molecule has 1 spiro atoms. The molecule has 2 saturated heterocycles. The summed E-state index contributed by atoms with van der Waals surface area (Å²) in [7, 11) is 0. The number of aromatic nitrogens is 1. The maximum Gasteiger partial charge on any atom is 0.308 e. The molecule has 0 aliphatic carbocycles. The molecule has 2 fully saturated rings. The second-order valence-corrected chi connectivity index (χ2v) is 5.90. The van der Waals surface area contributed by atoms with Crippen LogP contribution in [0.4, 0.5) is 0 Å². The summed E-state index contributed by atoms with van der Waals surface area (Å²) in [6.45, 7) is 3.63. The Kier molecular flexibility index (Phi) is 7.06. The Labute approximate surface area is 142 Å². The van der Waals surface area contributed by atoms with Crippen LogP contribution in [0.1, 0.15) is 18.4 Å². The molecule has 7 heteroatoms. The van der Waals surface area contributed by atoms with Crippen molar-refractivity contribution in [3.63, 3.8) is 0 Å². The van der Waals surface area contributed by atoms with Crippen molar-refractivity contribution in [1.29, 1.82) is 0 Å². The highest BCUT2D eigenvalue weighted by molar-refractivity contribution is 5.85. The molecule has 1 aromatic rings. The van der Waals surface area contributed by atoms with E-state index in [2.05, 4.69) is 9.88 Å². The fourth-order valence-electron chi connectivity index (χ4n) is 3.57. The number of hydrogen-bond acceptors (Lipinski definition) is 4. The van der Waals surface area contributed by atoms with Gasteiger partial charge in [0.05, 0.1) is 5.92 Å². The van der Waals surface area contributed by atoms with Gasteiger partial charge in [0.15, 0.2) is 0 Å². The monoisotopic (exact) mass is 348 g/mol. The van der Waals surface area contributed by atoms with Gasteiger partial charge in [-0.2, -0.15) is 0 Å². The Balaban J connectivity index is 0.00000121. The fraction of sp³-hybridized carbons (Fsp3) is 0.600. The van der Waals surface area contributed by atoms with Crippen LogP contribution in [0.3, 0.4) is 0 Å². The van der Waals surface area contributed by atoms with Crippen LogP contribution in [0.25, 0.3) is 0 Å². The van der Waals surface area contributed by atoms with Gasteiger partial charge in [0.2, 0.25) is 0 Å². The van der Waals surface area contributed by atoms with Gasteiger partial charge in [-0.25, -0.2) is 0 Å². The van der Waals surface area contributed by atoms with Gasteiger partial charge in [-0.05, 0) is 24.5 Å². The average Bonchev–Trinajstić information content (AvgIpc) is 2.79. The lowest BCUT2D eigenvalue weighted by molar-refractivity contribution is -0.146. The molecule has 124 valence electrons. The van der Waals surface area contributed by atoms with Crippen LogP contribution in [0.2, 0.25) is 0 Å². The maximum absolute atomic E-state index is 11.6. The molecule has 3 rings (SSSR count). The molecule has 0 saturated carbocycles.